The minimum Gasteiger partial charge on any atom is -0.348 e. The standard InChI is InChI=1S/C11H19N7O2/c1-11(2)7-17(5-4-16(11)3)9-8(18(19)20)6-13-10(14-9)15-12/h6H,4-5,7,12H2,1-3H3,(H,13,14,15). The van der Waals surface area contributed by atoms with Gasteiger partial charge in [0, 0.05) is 25.2 Å². The van der Waals surface area contributed by atoms with Crippen LogP contribution in [0.2, 0.25) is 0 Å². The van der Waals surface area contributed by atoms with Crippen LogP contribution in [0.1, 0.15) is 13.8 Å². The third kappa shape index (κ3) is 2.63. The minimum atomic E-state index is -0.471. The topological polar surface area (TPSA) is 113 Å². The molecule has 1 aromatic rings. The first-order valence-electron chi connectivity index (χ1n) is 6.29. The Morgan fingerprint density at radius 3 is 2.75 bits per heavy atom. The quantitative estimate of drug-likeness (QED) is 0.459. The van der Waals surface area contributed by atoms with Crippen LogP contribution in [0, 0.1) is 10.1 Å². The van der Waals surface area contributed by atoms with E-state index in [2.05, 4.69) is 34.1 Å². The van der Waals surface area contributed by atoms with Crippen LogP contribution in [-0.2, 0) is 0 Å². The van der Waals surface area contributed by atoms with Gasteiger partial charge in [-0.2, -0.15) is 4.98 Å². The number of nitrogens with zero attached hydrogens (tertiary/aromatic N) is 5. The minimum absolute atomic E-state index is 0.0899. The first kappa shape index (κ1) is 14.4. The predicted molar refractivity (Wildman–Crippen MR) is 75.4 cm³/mol. The molecule has 20 heavy (non-hydrogen) atoms. The molecule has 0 saturated carbocycles. The van der Waals surface area contributed by atoms with Crippen LogP contribution in [0.4, 0.5) is 17.5 Å². The number of aromatic nitrogens is 2. The number of likely N-dealkylation sites (N-methyl/N-ethyl adjacent to an activating group) is 1. The molecule has 0 atom stereocenters. The number of anilines is 2. The summed E-state index contributed by atoms with van der Waals surface area (Å²) in [5, 5.41) is 11.1. The number of nitro groups is 1. The van der Waals surface area contributed by atoms with Gasteiger partial charge in [-0.15, -0.1) is 0 Å². The number of piperazine rings is 1. The van der Waals surface area contributed by atoms with Gasteiger partial charge in [0.05, 0.1) is 4.92 Å². The van der Waals surface area contributed by atoms with Gasteiger partial charge in [0.15, 0.2) is 0 Å². The maximum atomic E-state index is 11.1. The molecular formula is C11H19N7O2. The van der Waals surface area contributed by atoms with Crippen LogP contribution >= 0.6 is 0 Å². The number of nitrogens with one attached hydrogen (secondary N) is 1. The van der Waals surface area contributed by atoms with Gasteiger partial charge in [-0.1, -0.05) is 0 Å². The molecule has 2 heterocycles. The number of hydrogen-bond donors (Lipinski definition) is 2. The first-order chi connectivity index (χ1) is 9.35. The average Bonchev–Trinajstić information content (AvgIpc) is 2.41. The third-order valence-electron chi connectivity index (χ3n) is 3.69. The number of hydrogen-bond acceptors (Lipinski definition) is 8. The lowest BCUT2D eigenvalue weighted by Gasteiger charge is -2.45. The second-order valence-electron chi connectivity index (χ2n) is 5.46. The molecule has 0 aliphatic carbocycles. The fourth-order valence-corrected chi connectivity index (χ4v) is 2.22. The number of rotatable bonds is 3. The molecule has 0 amide bonds. The summed E-state index contributed by atoms with van der Waals surface area (Å²) >= 11 is 0. The van der Waals surface area contributed by atoms with Crippen LogP contribution < -0.4 is 16.2 Å². The van der Waals surface area contributed by atoms with Crippen molar-refractivity contribution in [1.29, 1.82) is 0 Å². The zero-order valence-corrected chi connectivity index (χ0v) is 11.8. The molecule has 1 fully saturated rings. The summed E-state index contributed by atoms with van der Waals surface area (Å²) in [6.07, 6.45) is 1.18. The highest BCUT2D eigenvalue weighted by molar-refractivity contribution is 5.59. The van der Waals surface area contributed by atoms with Crippen molar-refractivity contribution in [2.45, 2.75) is 19.4 Å². The summed E-state index contributed by atoms with van der Waals surface area (Å²) in [5.74, 6) is 5.75. The second kappa shape index (κ2) is 5.17. The Morgan fingerprint density at radius 1 is 1.50 bits per heavy atom. The predicted octanol–water partition coefficient (Wildman–Crippen LogP) is 0.201. The van der Waals surface area contributed by atoms with Crippen LogP contribution in [0.15, 0.2) is 6.20 Å². The SMILES string of the molecule is CN1CCN(c2nc(NN)ncc2[N+](=O)[O-])CC1(C)C. The lowest BCUT2D eigenvalue weighted by Crippen LogP contribution is -2.58. The first-order valence-corrected chi connectivity index (χ1v) is 6.29. The third-order valence-corrected chi connectivity index (χ3v) is 3.69. The summed E-state index contributed by atoms with van der Waals surface area (Å²) in [7, 11) is 2.04. The lowest BCUT2D eigenvalue weighted by molar-refractivity contribution is -0.384. The van der Waals surface area contributed by atoms with Gasteiger partial charge in [0.1, 0.15) is 6.20 Å². The van der Waals surface area contributed by atoms with E-state index in [0.717, 1.165) is 6.54 Å². The van der Waals surface area contributed by atoms with Crippen molar-refractivity contribution < 1.29 is 4.92 Å². The zero-order valence-electron chi connectivity index (χ0n) is 11.8. The highest BCUT2D eigenvalue weighted by Crippen LogP contribution is 2.30. The molecule has 0 bridgehead atoms. The van der Waals surface area contributed by atoms with E-state index in [-0.39, 0.29) is 17.2 Å². The van der Waals surface area contributed by atoms with Crippen LogP contribution in [-0.4, -0.2) is 52.0 Å². The molecule has 0 radical (unpaired) electrons. The van der Waals surface area contributed by atoms with Crippen molar-refractivity contribution in [3.8, 4) is 0 Å². The molecule has 0 aromatic carbocycles. The Morgan fingerprint density at radius 2 is 2.20 bits per heavy atom. The van der Waals surface area contributed by atoms with E-state index in [1.165, 1.54) is 6.20 Å². The van der Waals surface area contributed by atoms with Crippen molar-refractivity contribution in [2.75, 3.05) is 37.0 Å². The monoisotopic (exact) mass is 281 g/mol. The number of nitrogens with two attached hydrogens (primary N) is 1. The molecule has 1 aliphatic heterocycles. The van der Waals surface area contributed by atoms with Crippen molar-refractivity contribution >= 4 is 17.5 Å². The van der Waals surface area contributed by atoms with Crippen molar-refractivity contribution in [2.24, 2.45) is 5.84 Å². The summed E-state index contributed by atoms with van der Waals surface area (Å²) in [6, 6.07) is 0. The van der Waals surface area contributed by atoms with Gasteiger partial charge in [-0.05, 0) is 20.9 Å². The molecule has 0 spiro atoms. The molecule has 1 aliphatic rings. The molecule has 9 heteroatoms. The molecule has 110 valence electrons. The second-order valence-corrected chi connectivity index (χ2v) is 5.46. The summed E-state index contributed by atoms with van der Waals surface area (Å²) in [6.45, 7) is 6.30. The van der Waals surface area contributed by atoms with E-state index < -0.39 is 4.92 Å². The van der Waals surface area contributed by atoms with Crippen molar-refractivity contribution in [3.05, 3.63) is 16.3 Å². The Hall–Kier alpha value is -2.00. The van der Waals surface area contributed by atoms with Crippen LogP contribution in [0.5, 0.6) is 0 Å². The molecule has 3 N–H and O–H groups in total. The smallest absolute Gasteiger partial charge is 0.329 e. The fourth-order valence-electron chi connectivity index (χ4n) is 2.22. The Kier molecular flexibility index (Phi) is 3.73. The van der Waals surface area contributed by atoms with Crippen molar-refractivity contribution in [3.63, 3.8) is 0 Å². The molecule has 1 aromatic heterocycles. The van der Waals surface area contributed by atoms with Crippen LogP contribution in [0.3, 0.4) is 0 Å². The number of hydrazine groups is 1. The maximum Gasteiger partial charge on any atom is 0.329 e. The number of nitrogen functional groups attached to an aromatic ring is 1. The van der Waals surface area contributed by atoms with Gasteiger partial charge >= 0.3 is 5.69 Å². The Balaban J connectivity index is 2.38. The Labute approximate surface area is 116 Å². The molecular weight excluding hydrogens is 262 g/mol. The van der Waals surface area contributed by atoms with E-state index in [9.17, 15) is 10.1 Å². The van der Waals surface area contributed by atoms with Gasteiger partial charge in [0.2, 0.25) is 11.8 Å². The lowest BCUT2D eigenvalue weighted by atomic mass is 10.00. The summed E-state index contributed by atoms with van der Waals surface area (Å²) in [4.78, 5) is 22.7. The van der Waals surface area contributed by atoms with Gasteiger partial charge < -0.3 is 4.90 Å². The van der Waals surface area contributed by atoms with E-state index in [4.69, 9.17) is 5.84 Å². The molecule has 1 saturated heterocycles. The van der Waals surface area contributed by atoms with E-state index >= 15 is 0 Å². The van der Waals surface area contributed by atoms with E-state index in [1.54, 1.807) is 0 Å². The summed E-state index contributed by atoms with van der Waals surface area (Å²) in [5.41, 5.74) is 2.12. The maximum absolute atomic E-state index is 11.1. The van der Waals surface area contributed by atoms with Crippen LogP contribution in [0.25, 0.3) is 0 Å². The molecule has 9 nitrogen and oxygen atoms in total. The van der Waals surface area contributed by atoms with Gasteiger partial charge in [0.25, 0.3) is 0 Å². The zero-order chi connectivity index (χ0) is 14.9. The van der Waals surface area contributed by atoms with E-state index in [1.807, 2.05) is 11.9 Å². The van der Waals surface area contributed by atoms with Crippen molar-refractivity contribution in [1.82, 2.24) is 14.9 Å². The normalized spacial score (nSPS) is 18.9. The Bertz CT molecular complexity index is 519. The highest BCUT2D eigenvalue weighted by atomic mass is 16.6. The highest BCUT2D eigenvalue weighted by Gasteiger charge is 2.34. The average molecular weight is 281 g/mol. The molecule has 2 rings (SSSR count). The van der Waals surface area contributed by atoms with E-state index in [0.29, 0.717) is 18.9 Å². The fraction of sp³-hybridized carbons (Fsp3) is 0.636. The van der Waals surface area contributed by atoms with Gasteiger partial charge in [-0.25, -0.2) is 10.8 Å². The molecule has 0 unspecified atom stereocenters. The largest absolute Gasteiger partial charge is 0.348 e. The summed E-state index contributed by atoms with van der Waals surface area (Å²) < 4.78 is 0. The van der Waals surface area contributed by atoms with Gasteiger partial charge in [-0.3, -0.25) is 20.4 Å².